The summed E-state index contributed by atoms with van der Waals surface area (Å²) in [6, 6.07) is 32.9. The molecular formula is C36H40FN3O2. The van der Waals surface area contributed by atoms with Gasteiger partial charge in [0.1, 0.15) is 11.6 Å². The lowest BCUT2D eigenvalue weighted by atomic mass is 9.93. The summed E-state index contributed by atoms with van der Waals surface area (Å²) in [6.07, 6.45) is 2.38. The summed E-state index contributed by atoms with van der Waals surface area (Å²) in [5.41, 5.74) is 5.46. The molecule has 5 rings (SSSR count). The van der Waals surface area contributed by atoms with Crippen molar-refractivity contribution < 1.29 is 13.9 Å². The van der Waals surface area contributed by atoms with Crippen molar-refractivity contribution >= 4 is 11.6 Å². The summed E-state index contributed by atoms with van der Waals surface area (Å²) in [7, 11) is 5.74. The molecule has 0 unspecified atom stereocenters. The molecule has 0 aliphatic carbocycles. The number of carbonyl (C=O) groups is 1. The molecule has 5 nitrogen and oxygen atoms in total. The van der Waals surface area contributed by atoms with Gasteiger partial charge in [-0.25, -0.2) is 4.39 Å². The molecule has 0 bridgehead atoms. The Labute approximate surface area is 249 Å². The minimum absolute atomic E-state index is 0.0913. The highest BCUT2D eigenvalue weighted by Gasteiger charge is 2.36. The van der Waals surface area contributed by atoms with Crippen LogP contribution in [-0.2, 0) is 24.3 Å². The molecule has 1 amide bonds. The van der Waals surface area contributed by atoms with Gasteiger partial charge in [-0.2, -0.15) is 0 Å². The number of benzene rings is 4. The molecule has 0 aromatic heterocycles. The summed E-state index contributed by atoms with van der Waals surface area (Å²) in [5, 5.41) is 0. The third kappa shape index (κ3) is 7.18. The highest BCUT2D eigenvalue weighted by molar-refractivity contribution is 5.83. The smallest absolute Gasteiger partial charge is 0.241 e. The SMILES string of the molecule is COc1ccc([C@H]2CCCN(Cc3ccc(N(C)C)cc3)[C@H](Cc3ccccc3)C(=O)N2Cc2ccc(F)cc2)cc1. The zero-order chi connectivity index (χ0) is 29.5. The van der Waals surface area contributed by atoms with E-state index in [9.17, 15) is 9.18 Å². The minimum atomic E-state index is -0.345. The maximum absolute atomic E-state index is 14.8. The molecule has 2 atom stereocenters. The summed E-state index contributed by atoms with van der Waals surface area (Å²) in [6.45, 7) is 1.91. The van der Waals surface area contributed by atoms with E-state index in [0.717, 1.165) is 47.5 Å². The van der Waals surface area contributed by atoms with Crippen LogP contribution < -0.4 is 9.64 Å². The van der Waals surface area contributed by atoms with Gasteiger partial charge in [-0.3, -0.25) is 9.69 Å². The number of nitrogens with zero attached hydrogens (tertiary/aromatic N) is 3. The number of amides is 1. The van der Waals surface area contributed by atoms with E-state index in [1.807, 2.05) is 49.3 Å². The van der Waals surface area contributed by atoms with E-state index in [1.54, 1.807) is 19.2 Å². The van der Waals surface area contributed by atoms with Gasteiger partial charge in [0.15, 0.2) is 0 Å². The highest BCUT2D eigenvalue weighted by atomic mass is 19.1. The quantitative estimate of drug-likeness (QED) is 0.222. The van der Waals surface area contributed by atoms with Gasteiger partial charge in [-0.1, -0.05) is 66.7 Å². The Morgan fingerprint density at radius 3 is 2.10 bits per heavy atom. The molecule has 218 valence electrons. The Morgan fingerprint density at radius 1 is 0.810 bits per heavy atom. The molecule has 4 aromatic rings. The third-order valence-electron chi connectivity index (χ3n) is 8.19. The second-order valence-electron chi connectivity index (χ2n) is 11.3. The predicted molar refractivity (Wildman–Crippen MR) is 167 cm³/mol. The van der Waals surface area contributed by atoms with Gasteiger partial charge in [-0.15, -0.1) is 0 Å². The molecule has 1 aliphatic rings. The Balaban J connectivity index is 1.52. The third-order valence-corrected chi connectivity index (χ3v) is 8.19. The van der Waals surface area contributed by atoms with Gasteiger partial charge in [-0.05, 0) is 84.5 Å². The molecule has 1 fully saturated rings. The fraction of sp³-hybridized carbons (Fsp3) is 0.306. The van der Waals surface area contributed by atoms with Crippen LogP contribution in [0.5, 0.6) is 5.75 Å². The van der Waals surface area contributed by atoms with Crippen molar-refractivity contribution in [3.63, 3.8) is 0 Å². The van der Waals surface area contributed by atoms with Crippen LogP contribution in [0.4, 0.5) is 10.1 Å². The van der Waals surface area contributed by atoms with Crippen LogP contribution in [0.3, 0.4) is 0 Å². The van der Waals surface area contributed by atoms with Crippen LogP contribution in [-0.4, -0.2) is 49.5 Å². The minimum Gasteiger partial charge on any atom is -0.497 e. The van der Waals surface area contributed by atoms with Gasteiger partial charge >= 0.3 is 0 Å². The van der Waals surface area contributed by atoms with Crippen LogP contribution >= 0.6 is 0 Å². The van der Waals surface area contributed by atoms with Crippen molar-refractivity contribution in [2.45, 2.75) is 44.4 Å². The van der Waals surface area contributed by atoms with Crippen molar-refractivity contribution in [2.75, 3.05) is 32.6 Å². The lowest BCUT2D eigenvalue weighted by Crippen LogP contribution is -2.52. The Hall–Kier alpha value is -4.16. The predicted octanol–water partition coefficient (Wildman–Crippen LogP) is 6.88. The first-order chi connectivity index (χ1) is 20.4. The van der Waals surface area contributed by atoms with E-state index in [4.69, 9.17) is 4.74 Å². The first kappa shape index (κ1) is 29.3. The second-order valence-corrected chi connectivity index (χ2v) is 11.3. The maximum atomic E-state index is 14.8. The molecule has 0 radical (unpaired) electrons. The van der Waals surface area contributed by atoms with Crippen molar-refractivity contribution in [2.24, 2.45) is 0 Å². The maximum Gasteiger partial charge on any atom is 0.241 e. The standard InChI is InChI=1S/C36H40FN3O2/c1-38(2)32-19-13-28(14-20-32)25-39-23-7-10-34(30-15-21-33(42-3)22-16-30)40(26-29-11-17-31(37)18-12-29)36(41)35(39)24-27-8-5-4-6-9-27/h4-6,8-9,11-22,34-35H,7,10,23-26H2,1-3H3/t34-,35-/m1/s1. The lowest BCUT2D eigenvalue weighted by molar-refractivity contribution is -0.142. The number of anilines is 1. The van der Waals surface area contributed by atoms with Crippen LogP contribution in [0.2, 0.25) is 0 Å². The van der Waals surface area contributed by atoms with Gasteiger partial charge in [0.2, 0.25) is 5.91 Å². The molecular weight excluding hydrogens is 525 g/mol. The number of hydrogen-bond donors (Lipinski definition) is 0. The lowest BCUT2D eigenvalue weighted by Gasteiger charge is -2.42. The fourth-order valence-electron chi connectivity index (χ4n) is 5.82. The normalized spacial score (nSPS) is 17.9. The Morgan fingerprint density at radius 2 is 1.45 bits per heavy atom. The average molecular weight is 566 g/mol. The summed E-state index contributed by atoms with van der Waals surface area (Å²) in [5.74, 6) is 0.598. The zero-order valence-electron chi connectivity index (χ0n) is 24.7. The number of rotatable bonds is 9. The van der Waals surface area contributed by atoms with Crippen molar-refractivity contribution in [1.82, 2.24) is 9.80 Å². The van der Waals surface area contributed by atoms with Gasteiger partial charge in [0.25, 0.3) is 0 Å². The molecule has 0 N–H and O–H groups in total. The number of methoxy groups -OCH3 is 1. The molecule has 4 aromatic carbocycles. The van der Waals surface area contributed by atoms with E-state index in [2.05, 4.69) is 58.3 Å². The summed E-state index contributed by atoms with van der Waals surface area (Å²) >= 11 is 0. The first-order valence-electron chi connectivity index (χ1n) is 14.6. The van der Waals surface area contributed by atoms with E-state index in [-0.39, 0.29) is 23.8 Å². The molecule has 1 heterocycles. The second kappa shape index (κ2) is 13.7. The van der Waals surface area contributed by atoms with E-state index >= 15 is 0 Å². The Kier molecular flexibility index (Phi) is 9.55. The zero-order valence-corrected chi connectivity index (χ0v) is 24.7. The number of ether oxygens (including phenoxy) is 1. The van der Waals surface area contributed by atoms with Crippen molar-refractivity contribution in [1.29, 1.82) is 0 Å². The van der Waals surface area contributed by atoms with Gasteiger partial charge in [0, 0.05) is 32.9 Å². The van der Waals surface area contributed by atoms with Crippen LogP contribution in [0.25, 0.3) is 0 Å². The molecule has 42 heavy (non-hydrogen) atoms. The molecule has 1 saturated heterocycles. The van der Waals surface area contributed by atoms with Crippen LogP contribution in [0, 0.1) is 5.82 Å². The van der Waals surface area contributed by atoms with Crippen molar-refractivity contribution in [3.8, 4) is 5.75 Å². The largest absolute Gasteiger partial charge is 0.497 e. The topological polar surface area (TPSA) is 36.0 Å². The highest BCUT2D eigenvalue weighted by Crippen LogP contribution is 2.33. The molecule has 0 spiro atoms. The number of halogens is 1. The van der Waals surface area contributed by atoms with Gasteiger partial charge in [0.05, 0.1) is 19.2 Å². The van der Waals surface area contributed by atoms with Gasteiger partial charge < -0.3 is 14.5 Å². The van der Waals surface area contributed by atoms with E-state index in [1.165, 1.54) is 17.7 Å². The fourth-order valence-corrected chi connectivity index (χ4v) is 5.82. The average Bonchev–Trinajstić information content (AvgIpc) is 3.01. The molecule has 0 saturated carbocycles. The van der Waals surface area contributed by atoms with Crippen LogP contribution in [0.15, 0.2) is 103 Å². The monoisotopic (exact) mass is 565 g/mol. The number of hydrogen-bond acceptors (Lipinski definition) is 4. The van der Waals surface area contributed by atoms with Crippen LogP contribution in [0.1, 0.15) is 41.1 Å². The number of carbonyl (C=O) groups excluding carboxylic acids is 1. The summed E-state index contributed by atoms with van der Waals surface area (Å²) in [4.78, 5) is 21.3. The van der Waals surface area contributed by atoms with Crippen molar-refractivity contribution in [3.05, 3.63) is 131 Å². The molecule has 1 aliphatic heterocycles. The Bertz CT molecular complexity index is 1420. The summed E-state index contributed by atoms with van der Waals surface area (Å²) < 4.78 is 19.2. The first-order valence-corrected chi connectivity index (χ1v) is 14.6. The van der Waals surface area contributed by atoms with E-state index in [0.29, 0.717) is 19.5 Å². The van der Waals surface area contributed by atoms with E-state index < -0.39 is 0 Å². The molecule has 6 heteroatoms.